The maximum atomic E-state index is 11.2. The Morgan fingerprint density at radius 2 is 2.31 bits per heavy atom. The molecule has 4 nitrogen and oxygen atoms in total. The largest absolute Gasteiger partial charge is 0.465 e. The predicted molar refractivity (Wildman–Crippen MR) is 46.9 cm³/mol. The molecule has 0 aliphatic heterocycles. The molecule has 0 amide bonds. The third-order valence-corrected chi connectivity index (χ3v) is 1.61. The smallest absolute Gasteiger partial charge is 0.341 e. The summed E-state index contributed by atoms with van der Waals surface area (Å²) < 4.78 is 4.49. The van der Waals surface area contributed by atoms with Gasteiger partial charge in [0.25, 0.3) is 0 Å². The van der Waals surface area contributed by atoms with Gasteiger partial charge in [-0.1, -0.05) is 6.07 Å². The Kier molecular flexibility index (Phi) is 2.50. The maximum Gasteiger partial charge on any atom is 0.341 e. The zero-order chi connectivity index (χ0) is 9.84. The van der Waals surface area contributed by atoms with Crippen molar-refractivity contribution in [3.8, 4) is 6.07 Å². The number of methoxy groups -OCH3 is 1. The molecule has 0 fully saturated rings. The molecule has 0 radical (unpaired) electrons. The molecule has 0 bridgehead atoms. The molecule has 4 heteroatoms. The Labute approximate surface area is 75.5 Å². The lowest BCUT2D eigenvalue weighted by Gasteiger charge is -2.04. The van der Waals surface area contributed by atoms with E-state index in [0.29, 0.717) is 0 Å². The number of carbonyl (C=O) groups excluding carboxylic acids is 1. The van der Waals surface area contributed by atoms with E-state index in [4.69, 9.17) is 11.0 Å². The fourth-order valence-corrected chi connectivity index (χ4v) is 0.993. The average molecular weight is 176 g/mol. The van der Waals surface area contributed by atoms with E-state index in [1.807, 2.05) is 6.07 Å². The van der Waals surface area contributed by atoms with Crippen LogP contribution in [0.1, 0.15) is 15.9 Å². The quantitative estimate of drug-likeness (QED) is 0.510. The fourth-order valence-electron chi connectivity index (χ4n) is 0.993. The first-order chi connectivity index (χ1) is 6.20. The minimum Gasteiger partial charge on any atom is -0.465 e. The summed E-state index contributed by atoms with van der Waals surface area (Å²) in [6.07, 6.45) is 0. The molecule has 0 aliphatic rings. The molecule has 66 valence electrons. The van der Waals surface area contributed by atoms with Gasteiger partial charge in [0, 0.05) is 5.69 Å². The SMILES string of the molecule is COC(=O)c1c(N)cccc1C#N. The normalized spacial score (nSPS) is 8.92. The Morgan fingerprint density at radius 3 is 2.85 bits per heavy atom. The van der Waals surface area contributed by atoms with Crippen LogP contribution in [0.3, 0.4) is 0 Å². The summed E-state index contributed by atoms with van der Waals surface area (Å²) in [4.78, 5) is 11.2. The third kappa shape index (κ3) is 1.59. The molecule has 0 unspecified atom stereocenters. The van der Waals surface area contributed by atoms with Crippen LogP contribution in [0.4, 0.5) is 5.69 Å². The van der Waals surface area contributed by atoms with Gasteiger partial charge in [0.15, 0.2) is 0 Å². The van der Waals surface area contributed by atoms with Crippen molar-refractivity contribution in [2.45, 2.75) is 0 Å². The van der Waals surface area contributed by atoms with E-state index in [1.165, 1.54) is 13.2 Å². The lowest BCUT2D eigenvalue weighted by atomic mass is 10.1. The van der Waals surface area contributed by atoms with E-state index in [-0.39, 0.29) is 16.8 Å². The van der Waals surface area contributed by atoms with Crippen LogP contribution < -0.4 is 5.73 Å². The Balaban J connectivity index is 3.33. The Morgan fingerprint density at radius 1 is 1.62 bits per heavy atom. The first-order valence-corrected chi connectivity index (χ1v) is 3.57. The number of rotatable bonds is 1. The van der Waals surface area contributed by atoms with E-state index < -0.39 is 5.97 Å². The molecule has 0 saturated heterocycles. The van der Waals surface area contributed by atoms with Crippen molar-refractivity contribution >= 4 is 11.7 Å². The molecule has 0 aliphatic carbocycles. The molecular weight excluding hydrogens is 168 g/mol. The van der Waals surface area contributed by atoms with Crippen LogP contribution in [0.25, 0.3) is 0 Å². The molecule has 2 N–H and O–H groups in total. The minimum absolute atomic E-state index is 0.132. The predicted octanol–water partition coefficient (Wildman–Crippen LogP) is 0.927. The standard InChI is InChI=1S/C9H8N2O2/c1-13-9(12)8-6(5-10)3-2-4-7(8)11/h2-4H,11H2,1H3. The minimum atomic E-state index is -0.588. The fraction of sp³-hybridized carbons (Fsp3) is 0.111. The van der Waals surface area contributed by atoms with Crippen molar-refractivity contribution in [1.82, 2.24) is 0 Å². The van der Waals surface area contributed by atoms with E-state index >= 15 is 0 Å². The zero-order valence-corrected chi connectivity index (χ0v) is 7.07. The summed E-state index contributed by atoms with van der Waals surface area (Å²) in [5.74, 6) is -0.588. The topological polar surface area (TPSA) is 76.1 Å². The van der Waals surface area contributed by atoms with Gasteiger partial charge in [0.05, 0.1) is 12.7 Å². The van der Waals surface area contributed by atoms with E-state index in [1.54, 1.807) is 12.1 Å². The second-order valence-electron chi connectivity index (χ2n) is 2.37. The van der Waals surface area contributed by atoms with Gasteiger partial charge in [-0.2, -0.15) is 5.26 Å². The maximum absolute atomic E-state index is 11.2. The highest BCUT2D eigenvalue weighted by Gasteiger charge is 2.14. The van der Waals surface area contributed by atoms with E-state index in [0.717, 1.165) is 0 Å². The summed E-state index contributed by atoms with van der Waals surface area (Å²) in [6.45, 7) is 0. The van der Waals surface area contributed by atoms with Crippen LogP contribution in [0.15, 0.2) is 18.2 Å². The monoisotopic (exact) mass is 176 g/mol. The molecule has 1 aromatic carbocycles. The number of hydrogen-bond donors (Lipinski definition) is 1. The van der Waals surface area contributed by atoms with Gasteiger partial charge in [0.1, 0.15) is 11.6 Å². The number of carbonyl (C=O) groups is 1. The van der Waals surface area contributed by atoms with Crippen molar-refractivity contribution in [2.75, 3.05) is 12.8 Å². The average Bonchev–Trinajstić information content (AvgIpc) is 2.16. The molecule has 1 rings (SSSR count). The number of ether oxygens (including phenoxy) is 1. The number of nitrogens with zero attached hydrogens (tertiary/aromatic N) is 1. The van der Waals surface area contributed by atoms with Crippen molar-refractivity contribution < 1.29 is 9.53 Å². The first-order valence-electron chi connectivity index (χ1n) is 3.57. The first kappa shape index (κ1) is 9.07. The molecule has 0 spiro atoms. The molecule has 1 aromatic rings. The van der Waals surface area contributed by atoms with Crippen molar-refractivity contribution in [3.63, 3.8) is 0 Å². The summed E-state index contributed by atoms with van der Waals surface area (Å²) >= 11 is 0. The van der Waals surface area contributed by atoms with Gasteiger partial charge in [-0.15, -0.1) is 0 Å². The van der Waals surface area contributed by atoms with Crippen LogP contribution in [0.5, 0.6) is 0 Å². The highest BCUT2D eigenvalue weighted by Crippen LogP contribution is 2.16. The molecule has 13 heavy (non-hydrogen) atoms. The van der Waals surface area contributed by atoms with E-state index in [2.05, 4.69) is 4.74 Å². The Bertz CT molecular complexity index is 380. The summed E-state index contributed by atoms with van der Waals surface area (Å²) in [7, 11) is 1.25. The second-order valence-corrected chi connectivity index (χ2v) is 2.37. The van der Waals surface area contributed by atoms with Crippen LogP contribution in [0, 0.1) is 11.3 Å². The second kappa shape index (κ2) is 3.59. The molecule has 0 aromatic heterocycles. The number of nitrogen functional groups attached to an aromatic ring is 1. The molecule has 0 saturated carbocycles. The number of hydrogen-bond acceptors (Lipinski definition) is 4. The van der Waals surface area contributed by atoms with Gasteiger partial charge in [-0.25, -0.2) is 4.79 Å². The van der Waals surface area contributed by atoms with E-state index in [9.17, 15) is 4.79 Å². The van der Waals surface area contributed by atoms with Crippen LogP contribution in [-0.2, 0) is 4.74 Å². The number of nitriles is 1. The molecule has 0 heterocycles. The number of benzene rings is 1. The van der Waals surface area contributed by atoms with Gasteiger partial charge < -0.3 is 10.5 Å². The summed E-state index contributed by atoms with van der Waals surface area (Å²) in [5, 5.41) is 8.67. The highest BCUT2D eigenvalue weighted by molar-refractivity contribution is 5.97. The van der Waals surface area contributed by atoms with Crippen molar-refractivity contribution in [2.24, 2.45) is 0 Å². The zero-order valence-electron chi connectivity index (χ0n) is 7.07. The third-order valence-electron chi connectivity index (χ3n) is 1.61. The van der Waals surface area contributed by atoms with Crippen LogP contribution >= 0.6 is 0 Å². The van der Waals surface area contributed by atoms with Gasteiger partial charge in [0.2, 0.25) is 0 Å². The summed E-state index contributed by atoms with van der Waals surface area (Å²) in [5.41, 5.74) is 6.14. The molecular formula is C9H8N2O2. The highest BCUT2D eigenvalue weighted by atomic mass is 16.5. The van der Waals surface area contributed by atoms with Crippen molar-refractivity contribution in [3.05, 3.63) is 29.3 Å². The lowest BCUT2D eigenvalue weighted by molar-refractivity contribution is 0.0601. The number of nitrogens with two attached hydrogens (primary N) is 1. The lowest BCUT2D eigenvalue weighted by Crippen LogP contribution is -2.07. The van der Waals surface area contributed by atoms with Gasteiger partial charge in [-0.3, -0.25) is 0 Å². The summed E-state index contributed by atoms with van der Waals surface area (Å²) in [6, 6.07) is 6.55. The number of anilines is 1. The van der Waals surface area contributed by atoms with Crippen LogP contribution in [0.2, 0.25) is 0 Å². The van der Waals surface area contributed by atoms with Gasteiger partial charge >= 0.3 is 5.97 Å². The van der Waals surface area contributed by atoms with Crippen LogP contribution in [-0.4, -0.2) is 13.1 Å². The molecule has 0 atom stereocenters. The van der Waals surface area contributed by atoms with Crippen molar-refractivity contribution in [1.29, 1.82) is 5.26 Å². The van der Waals surface area contributed by atoms with Gasteiger partial charge in [-0.05, 0) is 12.1 Å². The number of esters is 1. The Hall–Kier alpha value is -2.02.